The Labute approximate surface area is 134 Å². The Kier molecular flexibility index (Phi) is 5.78. The van der Waals surface area contributed by atoms with E-state index in [1.807, 2.05) is 6.33 Å². The molecule has 0 aliphatic rings. The van der Waals surface area contributed by atoms with Crippen molar-refractivity contribution in [2.45, 2.75) is 53.1 Å². The second-order valence-corrected chi connectivity index (χ2v) is 6.91. The molecule has 0 saturated heterocycles. The molecular weight excluding hydrogens is 270 g/mol. The first-order valence-corrected chi connectivity index (χ1v) is 8.32. The van der Waals surface area contributed by atoms with E-state index in [9.17, 15) is 0 Å². The fourth-order valence-electron chi connectivity index (χ4n) is 2.52. The molecule has 0 aliphatic heterocycles. The summed E-state index contributed by atoms with van der Waals surface area (Å²) in [6.07, 6.45) is 5.21. The first kappa shape index (κ1) is 16.8. The van der Waals surface area contributed by atoms with E-state index < -0.39 is 0 Å². The van der Waals surface area contributed by atoms with E-state index in [-0.39, 0.29) is 0 Å². The standard InChI is InChI=1S/C19H29N3/c1-14(2)10-17-6-8-18(9-7-17)19-12-22(13-21-19)16(5)11-20-15(3)4/h6-9,12-16,20H,10-11H2,1-5H3/t16-/m0/s1. The molecule has 0 unspecified atom stereocenters. The molecule has 0 bridgehead atoms. The van der Waals surface area contributed by atoms with Crippen molar-refractivity contribution in [1.82, 2.24) is 14.9 Å². The van der Waals surface area contributed by atoms with Crippen molar-refractivity contribution < 1.29 is 0 Å². The lowest BCUT2D eigenvalue weighted by molar-refractivity contribution is 0.464. The molecule has 0 fully saturated rings. The highest BCUT2D eigenvalue weighted by atomic mass is 15.1. The molecule has 1 atom stereocenters. The van der Waals surface area contributed by atoms with E-state index in [1.54, 1.807) is 0 Å². The van der Waals surface area contributed by atoms with E-state index in [1.165, 1.54) is 11.1 Å². The summed E-state index contributed by atoms with van der Waals surface area (Å²) in [5, 5.41) is 3.47. The number of nitrogens with zero attached hydrogens (tertiary/aromatic N) is 2. The molecule has 0 saturated carbocycles. The highest BCUT2D eigenvalue weighted by molar-refractivity contribution is 5.58. The molecule has 3 nitrogen and oxygen atoms in total. The van der Waals surface area contributed by atoms with Gasteiger partial charge in [-0.15, -0.1) is 0 Å². The van der Waals surface area contributed by atoms with Gasteiger partial charge in [0.1, 0.15) is 0 Å². The zero-order chi connectivity index (χ0) is 16.1. The van der Waals surface area contributed by atoms with Crippen LogP contribution in [-0.4, -0.2) is 22.1 Å². The van der Waals surface area contributed by atoms with Crippen LogP contribution in [0.2, 0.25) is 0 Å². The fraction of sp³-hybridized carbons (Fsp3) is 0.526. The monoisotopic (exact) mass is 299 g/mol. The van der Waals surface area contributed by atoms with Gasteiger partial charge in [-0.25, -0.2) is 4.98 Å². The van der Waals surface area contributed by atoms with Gasteiger partial charge < -0.3 is 9.88 Å². The van der Waals surface area contributed by atoms with Gasteiger partial charge in [0.2, 0.25) is 0 Å². The molecule has 1 aromatic carbocycles. The lowest BCUT2D eigenvalue weighted by Crippen LogP contribution is -2.28. The first-order valence-electron chi connectivity index (χ1n) is 8.32. The van der Waals surface area contributed by atoms with E-state index in [2.05, 4.69) is 79.9 Å². The molecule has 22 heavy (non-hydrogen) atoms. The van der Waals surface area contributed by atoms with Crippen molar-refractivity contribution in [3.8, 4) is 11.3 Å². The molecule has 120 valence electrons. The quantitative estimate of drug-likeness (QED) is 0.825. The van der Waals surface area contributed by atoms with Crippen molar-refractivity contribution in [3.63, 3.8) is 0 Å². The lowest BCUT2D eigenvalue weighted by atomic mass is 10.0. The molecule has 2 rings (SSSR count). The maximum absolute atomic E-state index is 4.56. The van der Waals surface area contributed by atoms with Crippen molar-refractivity contribution in [2.75, 3.05) is 6.54 Å². The Hall–Kier alpha value is -1.61. The van der Waals surface area contributed by atoms with Crippen molar-refractivity contribution in [3.05, 3.63) is 42.4 Å². The SMILES string of the molecule is CC(C)Cc1ccc(-c2cn([C@@H](C)CNC(C)C)cn2)cc1. The number of nitrogens with one attached hydrogen (secondary N) is 1. The van der Waals surface area contributed by atoms with Crippen LogP contribution in [0.1, 0.15) is 46.2 Å². The zero-order valence-corrected chi connectivity index (χ0v) is 14.5. The summed E-state index contributed by atoms with van der Waals surface area (Å²) >= 11 is 0. The van der Waals surface area contributed by atoms with Gasteiger partial charge in [0.05, 0.1) is 12.0 Å². The summed E-state index contributed by atoms with van der Waals surface area (Å²) in [6.45, 7) is 12.0. The summed E-state index contributed by atoms with van der Waals surface area (Å²) in [6, 6.07) is 9.72. The predicted molar refractivity (Wildman–Crippen MR) is 94.1 cm³/mol. The first-order chi connectivity index (χ1) is 10.5. The lowest BCUT2D eigenvalue weighted by Gasteiger charge is -2.15. The van der Waals surface area contributed by atoms with Gasteiger partial charge in [-0.2, -0.15) is 0 Å². The van der Waals surface area contributed by atoms with Gasteiger partial charge in [0.25, 0.3) is 0 Å². The minimum absolute atomic E-state index is 0.406. The van der Waals surface area contributed by atoms with Crippen LogP contribution in [0.25, 0.3) is 11.3 Å². The third kappa shape index (κ3) is 4.70. The molecule has 1 aromatic heterocycles. The molecular formula is C19H29N3. The van der Waals surface area contributed by atoms with Crippen LogP contribution in [0.5, 0.6) is 0 Å². The van der Waals surface area contributed by atoms with Crippen LogP contribution < -0.4 is 5.32 Å². The van der Waals surface area contributed by atoms with Crippen molar-refractivity contribution in [2.24, 2.45) is 5.92 Å². The normalized spacial score (nSPS) is 13.0. The molecule has 3 heteroatoms. The Morgan fingerprint density at radius 3 is 2.32 bits per heavy atom. The average molecular weight is 299 g/mol. The predicted octanol–water partition coefficient (Wildman–Crippen LogP) is 4.31. The smallest absolute Gasteiger partial charge is 0.0956 e. The molecule has 1 heterocycles. The van der Waals surface area contributed by atoms with E-state index in [0.717, 1.165) is 18.7 Å². The number of imidazole rings is 1. The highest BCUT2D eigenvalue weighted by Gasteiger charge is 2.08. The fourth-order valence-corrected chi connectivity index (χ4v) is 2.52. The molecule has 0 amide bonds. The van der Waals surface area contributed by atoms with Crippen molar-refractivity contribution >= 4 is 0 Å². The maximum Gasteiger partial charge on any atom is 0.0956 e. The Bertz CT molecular complexity index is 567. The van der Waals surface area contributed by atoms with Crippen LogP contribution >= 0.6 is 0 Å². The van der Waals surface area contributed by atoms with Gasteiger partial charge >= 0.3 is 0 Å². The summed E-state index contributed by atoms with van der Waals surface area (Å²) in [5.41, 5.74) is 3.63. The highest BCUT2D eigenvalue weighted by Crippen LogP contribution is 2.20. The van der Waals surface area contributed by atoms with E-state index >= 15 is 0 Å². The van der Waals surface area contributed by atoms with Crippen LogP contribution in [0.4, 0.5) is 0 Å². The number of hydrogen-bond acceptors (Lipinski definition) is 2. The minimum Gasteiger partial charge on any atom is -0.333 e. The second-order valence-electron chi connectivity index (χ2n) is 6.91. The third-order valence-electron chi connectivity index (χ3n) is 3.83. The minimum atomic E-state index is 0.406. The summed E-state index contributed by atoms with van der Waals surface area (Å²) < 4.78 is 2.19. The van der Waals surface area contributed by atoms with E-state index in [4.69, 9.17) is 0 Å². The zero-order valence-electron chi connectivity index (χ0n) is 14.5. The van der Waals surface area contributed by atoms with Crippen LogP contribution in [-0.2, 0) is 6.42 Å². The Balaban J connectivity index is 2.04. The summed E-state index contributed by atoms with van der Waals surface area (Å²) in [7, 11) is 0. The maximum atomic E-state index is 4.56. The third-order valence-corrected chi connectivity index (χ3v) is 3.83. The second kappa shape index (κ2) is 7.59. The van der Waals surface area contributed by atoms with Gasteiger partial charge in [0.15, 0.2) is 0 Å². The average Bonchev–Trinajstić information content (AvgIpc) is 2.94. The van der Waals surface area contributed by atoms with Crippen LogP contribution in [0.15, 0.2) is 36.8 Å². The molecule has 0 aliphatic carbocycles. The van der Waals surface area contributed by atoms with Gasteiger partial charge in [-0.05, 0) is 24.8 Å². The van der Waals surface area contributed by atoms with Gasteiger partial charge in [-0.1, -0.05) is 52.0 Å². The largest absolute Gasteiger partial charge is 0.333 e. The Morgan fingerprint density at radius 1 is 1.05 bits per heavy atom. The number of aromatic nitrogens is 2. The Morgan fingerprint density at radius 2 is 1.73 bits per heavy atom. The molecule has 1 N–H and O–H groups in total. The number of hydrogen-bond donors (Lipinski definition) is 1. The van der Waals surface area contributed by atoms with Crippen LogP contribution in [0, 0.1) is 5.92 Å². The van der Waals surface area contributed by atoms with Gasteiger partial charge in [-0.3, -0.25) is 0 Å². The topological polar surface area (TPSA) is 29.9 Å². The summed E-state index contributed by atoms with van der Waals surface area (Å²) in [4.78, 5) is 4.56. The van der Waals surface area contributed by atoms with Crippen LogP contribution in [0.3, 0.4) is 0 Å². The van der Waals surface area contributed by atoms with E-state index in [0.29, 0.717) is 18.0 Å². The van der Waals surface area contributed by atoms with Gasteiger partial charge in [0, 0.05) is 30.4 Å². The molecule has 0 radical (unpaired) electrons. The summed E-state index contributed by atoms with van der Waals surface area (Å²) in [5.74, 6) is 0.694. The number of benzene rings is 1. The number of rotatable bonds is 7. The molecule has 0 spiro atoms. The van der Waals surface area contributed by atoms with Crippen molar-refractivity contribution in [1.29, 1.82) is 0 Å². The molecule has 2 aromatic rings.